The minimum absolute atomic E-state index is 0.141. The highest BCUT2D eigenvalue weighted by molar-refractivity contribution is 9.10. The van der Waals surface area contributed by atoms with E-state index < -0.39 is 16.4 Å². The summed E-state index contributed by atoms with van der Waals surface area (Å²) in [6.45, 7) is 7.51. The summed E-state index contributed by atoms with van der Waals surface area (Å²) in [5.74, 6) is 0.649. The van der Waals surface area contributed by atoms with Crippen LogP contribution in [0.4, 0.5) is 5.69 Å². The number of alkyl halides is 1. The van der Waals surface area contributed by atoms with E-state index in [-0.39, 0.29) is 5.91 Å². The number of hydrogen-bond donors (Lipinski definition) is 0. The van der Waals surface area contributed by atoms with Gasteiger partial charge in [0.25, 0.3) is 0 Å². The molecule has 0 aromatic heterocycles. The first kappa shape index (κ1) is 25.5. The molecule has 2 aromatic rings. The molecule has 0 aliphatic carbocycles. The molecule has 6 nitrogen and oxygen atoms in total. The molecule has 0 bridgehead atoms. The first-order valence-electron chi connectivity index (χ1n) is 10.2. The summed E-state index contributed by atoms with van der Waals surface area (Å²) in [4.78, 5) is 26.6. The van der Waals surface area contributed by atoms with Gasteiger partial charge in [0.15, 0.2) is 0 Å². The molecule has 32 heavy (non-hydrogen) atoms. The molecule has 0 aliphatic heterocycles. The van der Waals surface area contributed by atoms with Gasteiger partial charge in [0.1, 0.15) is 17.1 Å². The highest BCUT2D eigenvalue weighted by Gasteiger charge is 2.25. The van der Waals surface area contributed by atoms with Crippen molar-refractivity contribution < 1.29 is 23.8 Å². The Kier molecular flexibility index (Phi) is 8.89. The molecule has 2 aromatic carbocycles. The summed E-state index contributed by atoms with van der Waals surface area (Å²) in [7, 11) is 3.16. The number of hydrogen-bond acceptors (Lipinski definition) is 5. The highest BCUT2D eigenvalue weighted by atomic mass is 79.9. The molecular formula is C25H30BrNO5. The van der Waals surface area contributed by atoms with Crippen LogP contribution in [0.1, 0.15) is 38.8 Å². The van der Waals surface area contributed by atoms with Crippen LogP contribution in [-0.4, -0.2) is 36.5 Å². The molecule has 0 radical (unpaired) electrons. The number of amides is 1. The first-order valence-corrected chi connectivity index (χ1v) is 11.1. The Labute approximate surface area is 198 Å². The maximum absolute atomic E-state index is 13.2. The maximum Gasteiger partial charge on any atom is 0.331 e. The van der Waals surface area contributed by atoms with Gasteiger partial charge in [0.05, 0.1) is 31.3 Å². The zero-order valence-electron chi connectivity index (χ0n) is 19.3. The topological polar surface area (TPSA) is 65.1 Å². The molecule has 172 valence electrons. The van der Waals surface area contributed by atoms with Crippen molar-refractivity contribution in [3.8, 4) is 11.5 Å². The van der Waals surface area contributed by atoms with E-state index in [4.69, 9.17) is 14.2 Å². The number of methoxy groups -OCH3 is 2. The van der Waals surface area contributed by atoms with Crippen LogP contribution in [-0.2, 0) is 20.9 Å². The van der Waals surface area contributed by atoms with Crippen LogP contribution in [0.2, 0.25) is 0 Å². The fourth-order valence-corrected chi connectivity index (χ4v) is 3.26. The molecule has 1 atom stereocenters. The predicted octanol–water partition coefficient (Wildman–Crippen LogP) is 5.38. The van der Waals surface area contributed by atoms with Crippen LogP contribution in [0.3, 0.4) is 0 Å². The second-order valence-electron chi connectivity index (χ2n) is 8.15. The van der Waals surface area contributed by atoms with Crippen molar-refractivity contribution in [1.82, 2.24) is 0 Å². The second-order valence-corrected chi connectivity index (χ2v) is 9.53. The van der Waals surface area contributed by atoms with Crippen molar-refractivity contribution in [2.75, 3.05) is 19.1 Å². The van der Waals surface area contributed by atoms with E-state index in [0.29, 0.717) is 23.5 Å². The van der Waals surface area contributed by atoms with E-state index in [0.717, 1.165) is 11.3 Å². The van der Waals surface area contributed by atoms with Gasteiger partial charge < -0.3 is 19.1 Å². The van der Waals surface area contributed by atoms with Crippen LogP contribution < -0.4 is 14.4 Å². The predicted molar refractivity (Wildman–Crippen MR) is 130 cm³/mol. The molecule has 2 rings (SSSR count). The Bertz CT molecular complexity index is 961. The number of esters is 1. The molecular weight excluding hydrogens is 474 g/mol. The average molecular weight is 504 g/mol. The summed E-state index contributed by atoms with van der Waals surface area (Å²) in [5, 5.41) is 0. The average Bonchev–Trinajstić information content (AvgIpc) is 2.74. The van der Waals surface area contributed by atoms with Crippen LogP contribution in [0.15, 0.2) is 48.5 Å². The minimum atomic E-state index is -0.597. The lowest BCUT2D eigenvalue weighted by atomic mass is 10.1. The lowest BCUT2D eigenvalue weighted by Crippen LogP contribution is -2.36. The summed E-state index contributed by atoms with van der Waals surface area (Å²) >= 11 is 3.40. The van der Waals surface area contributed by atoms with Crippen molar-refractivity contribution in [2.45, 2.75) is 44.7 Å². The number of benzene rings is 2. The Morgan fingerprint density at radius 2 is 1.72 bits per heavy atom. The molecule has 0 heterocycles. The molecule has 7 heteroatoms. The standard InChI is InChI=1S/C25H30BrNO5/c1-17(26)24(29)27(16-18-10-13-20(30-5)14-11-18)23-19(8-7-9-21(23)31-6)12-15-22(28)32-25(2,3)4/h7-15,17H,16H2,1-6H3/b15-12+. The molecule has 0 aliphatic rings. The number of anilines is 1. The van der Waals surface area contributed by atoms with Gasteiger partial charge in [0.2, 0.25) is 5.91 Å². The number of rotatable bonds is 8. The lowest BCUT2D eigenvalue weighted by molar-refractivity contribution is -0.148. The second kappa shape index (κ2) is 11.2. The van der Waals surface area contributed by atoms with E-state index in [1.165, 1.54) is 6.08 Å². The first-order chi connectivity index (χ1) is 15.1. The molecule has 0 spiro atoms. The fourth-order valence-electron chi connectivity index (χ4n) is 3.02. The largest absolute Gasteiger partial charge is 0.497 e. The zero-order valence-corrected chi connectivity index (χ0v) is 20.9. The summed E-state index contributed by atoms with van der Waals surface area (Å²) in [5.41, 5.74) is 1.55. The van der Waals surface area contributed by atoms with Crippen molar-refractivity contribution in [3.05, 3.63) is 59.7 Å². The fraction of sp³-hybridized carbons (Fsp3) is 0.360. The van der Waals surface area contributed by atoms with Gasteiger partial charge in [-0.1, -0.05) is 40.2 Å². The van der Waals surface area contributed by atoms with E-state index in [9.17, 15) is 9.59 Å². The zero-order chi connectivity index (χ0) is 23.9. The third kappa shape index (κ3) is 7.12. The van der Waals surface area contributed by atoms with Gasteiger partial charge in [-0.2, -0.15) is 0 Å². The molecule has 0 saturated carbocycles. The van der Waals surface area contributed by atoms with Crippen LogP contribution >= 0.6 is 15.9 Å². The summed E-state index contributed by atoms with van der Waals surface area (Å²) in [6.07, 6.45) is 3.00. The van der Waals surface area contributed by atoms with Gasteiger partial charge in [-0.15, -0.1) is 0 Å². The van der Waals surface area contributed by atoms with Crippen LogP contribution in [0.5, 0.6) is 11.5 Å². The Hall–Kier alpha value is -2.80. The number of nitrogens with zero attached hydrogens (tertiary/aromatic N) is 1. The Balaban J connectivity index is 2.51. The van der Waals surface area contributed by atoms with Gasteiger partial charge in [-0.25, -0.2) is 4.79 Å². The SMILES string of the molecule is COc1ccc(CN(C(=O)C(C)Br)c2c(/C=C/C(=O)OC(C)(C)C)cccc2OC)cc1. The van der Waals surface area contributed by atoms with E-state index in [1.807, 2.05) is 57.2 Å². The van der Waals surface area contributed by atoms with Gasteiger partial charge >= 0.3 is 5.97 Å². The molecule has 0 N–H and O–H groups in total. The van der Waals surface area contributed by atoms with Gasteiger partial charge in [-0.3, -0.25) is 4.79 Å². The molecule has 1 amide bonds. The van der Waals surface area contributed by atoms with Crippen molar-refractivity contribution >= 4 is 39.6 Å². The number of para-hydroxylation sites is 1. The molecule has 1 unspecified atom stereocenters. The van der Waals surface area contributed by atoms with Crippen molar-refractivity contribution in [2.24, 2.45) is 0 Å². The summed E-state index contributed by atoms with van der Waals surface area (Å²) in [6, 6.07) is 12.9. The normalized spacial score (nSPS) is 12.3. The number of halogens is 1. The van der Waals surface area contributed by atoms with Gasteiger partial charge in [-0.05, 0) is 57.5 Å². The highest BCUT2D eigenvalue weighted by Crippen LogP contribution is 2.35. The number of ether oxygens (including phenoxy) is 3. The van der Waals surface area contributed by atoms with Crippen LogP contribution in [0.25, 0.3) is 6.08 Å². The monoisotopic (exact) mass is 503 g/mol. The Morgan fingerprint density at radius 3 is 2.25 bits per heavy atom. The van der Waals surface area contributed by atoms with Crippen molar-refractivity contribution in [1.29, 1.82) is 0 Å². The third-order valence-corrected chi connectivity index (χ3v) is 4.82. The van der Waals surface area contributed by atoms with Crippen molar-refractivity contribution in [3.63, 3.8) is 0 Å². The Morgan fingerprint density at radius 1 is 1.06 bits per heavy atom. The quantitative estimate of drug-likeness (QED) is 0.275. The smallest absolute Gasteiger partial charge is 0.331 e. The third-order valence-electron chi connectivity index (χ3n) is 4.43. The maximum atomic E-state index is 13.2. The van der Waals surface area contributed by atoms with Gasteiger partial charge in [0, 0.05) is 11.6 Å². The molecule has 0 fully saturated rings. The van der Waals surface area contributed by atoms with E-state index in [1.54, 1.807) is 38.2 Å². The number of carbonyl (C=O) groups is 2. The molecule has 0 saturated heterocycles. The van der Waals surface area contributed by atoms with Crippen LogP contribution in [0, 0.1) is 0 Å². The number of carbonyl (C=O) groups excluding carboxylic acids is 2. The van der Waals surface area contributed by atoms with E-state index in [2.05, 4.69) is 15.9 Å². The van der Waals surface area contributed by atoms with E-state index >= 15 is 0 Å². The lowest BCUT2D eigenvalue weighted by Gasteiger charge is -2.28. The minimum Gasteiger partial charge on any atom is -0.497 e. The summed E-state index contributed by atoms with van der Waals surface area (Å²) < 4.78 is 16.2.